The lowest BCUT2D eigenvalue weighted by atomic mass is 9.47. The molecule has 0 bridgehead atoms. The van der Waals surface area contributed by atoms with Crippen LogP contribution in [0, 0.1) is 46.3 Å². The van der Waals surface area contributed by atoms with E-state index in [9.17, 15) is 0 Å². The van der Waals surface area contributed by atoms with Gasteiger partial charge in [-0.15, -0.1) is 0 Å². The summed E-state index contributed by atoms with van der Waals surface area (Å²) in [5.41, 5.74) is 2.85. The van der Waals surface area contributed by atoms with Crippen molar-refractivity contribution in [3.05, 3.63) is 11.6 Å². The molecule has 0 saturated heterocycles. The monoisotopic (exact) mass is 400 g/mol. The Bertz CT molecular complexity index is 605. The van der Waals surface area contributed by atoms with Gasteiger partial charge in [0.05, 0.1) is 6.10 Å². The molecule has 4 rings (SSSR count). The molecule has 0 amide bonds. The Hall–Kier alpha value is -0.300. The van der Waals surface area contributed by atoms with E-state index in [4.69, 9.17) is 4.74 Å². The van der Waals surface area contributed by atoms with E-state index in [0.29, 0.717) is 16.9 Å². The van der Waals surface area contributed by atoms with Gasteiger partial charge in [-0.3, -0.25) is 0 Å². The van der Waals surface area contributed by atoms with E-state index in [1.807, 2.05) is 7.11 Å². The van der Waals surface area contributed by atoms with Crippen LogP contribution in [0.15, 0.2) is 11.6 Å². The average molecular weight is 401 g/mol. The fraction of sp³-hybridized carbons (Fsp3) is 0.929. The van der Waals surface area contributed by atoms with Crippen molar-refractivity contribution in [3.8, 4) is 0 Å². The molecule has 0 aromatic heterocycles. The van der Waals surface area contributed by atoms with E-state index in [1.165, 1.54) is 70.6 Å². The minimum absolute atomic E-state index is 0.472. The summed E-state index contributed by atoms with van der Waals surface area (Å²) in [4.78, 5) is 0. The van der Waals surface area contributed by atoms with Crippen LogP contribution in [0.3, 0.4) is 0 Å². The van der Waals surface area contributed by atoms with Crippen molar-refractivity contribution in [3.63, 3.8) is 0 Å². The topological polar surface area (TPSA) is 9.23 Å². The average Bonchev–Trinajstić information content (AvgIpc) is 3.04. The zero-order valence-electron chi connectivity index (χ0n) is 20.3. The SMILES string of the molecule is CO[C@H]1CC[C@@]2(C)C(=CCC3C2CC[C@@]2(C)C3CC[C@@H]2C(C)CCCC(C)C)C1. The van der Waals surface area contributed by atoms with Crippen molar-refractivity contribution in [2.45, 2.75) is 111 Å². The van der Waals surface area contributed by atoms with Gasteiger partial charge in [0.1, 0.15) is 0 Å². The molecule has 4 aliphatic rings. The van der Waals surface area contributed by atoms with E-state index >= 15 is 0 Å². The first kappa shape index (κ1) is 21.9. The molecule has 0 spiro atoms. The van der Waals surface area contributed by atoms with Gasteiger partial charge in [-0.1, -0.05) is 65.5 Å². The maximum atomic E-state index is 5.75. The molecule has 1 nitrogen and oxygen atoms in total. The normalized spacial score (nSPS) is 45.3. The minimum atomic E-state index is 0.472. The number of hydrogen-bond acceptors (Lipinski definition) is 1. The lowest BCUT2D eigenvalue weighted by Crippen LogP contribution is -2.50. The van der Waals surface area contributed by atoms with Gasteiger partial charge < -0.3 is 4.74 Å². The van der Waals surface area contributed by atoms with Crippen molar-refractivity contribution < 1.29 is 4.74 Å². The molecule has 0 heterocycles. The highest BCUT2D eigenvalue weighted by Gasteiger charge is 2.59. The lowest BCUT2D eigenvalue weighted by Gasteiger charge is -2.58. The molecular weight excluding hydrogens is 352 g/mol. The Labute approximate surface area is 181 Å². The molecule has 0 aromatic rings. The first-order chi connectivity index (χ1) is 13.8. The Morgan fingerprint density at radius 3 is 2.52 bits per heavy atom. The largest absolute Gasteiger partial charge is 0.381 e. The first-order valence-corrected chi connectivity index (χ1v) is 13.0. The van der Waals surface area contributed by atoms with Crippen LogP contribution in [0.2, 0.25) is 0 Å². The van der Waals surface area contributed by atoms with Crippen molar-refractivity contribution in [1.29, 1.82) is 0 Å². The number of rotatable bonds is 6. The standard InChI is InChI=1S/C28H48O/c1-19(2)8-7-9-20(3)24-12-13-25-23-11-10-21-18-22(29-6)14-16-27(21,4)26(23)15-17-28(24,25)5/h10,19-20,22-26H,7-9,11-18H2,1-6H3/t20?,22-,23?,24+,25?,26?,27-,28+/m0/s1. The van der Waals surface area contributed by atoms with Gasteiger partial charge in [0.25, 0.3) is 0 Å². The van der Waals surface area contributed by atoms with E-state index < -0.39 is 0 Å². The van der Waals surface area contributed by atoms with Crippen molar-refractivity contribution >= 4 is 0 Å². The van der Waals surface area contributed by atoms with Gasteiger partial charge in [-0.25, -0.2) is 0 Å². The summed E-state index contributed by atoms with van der Waals surface area (Å²) >= 11 is 0. The Balaban J connectivity index is 1.48. The van der Waals surface area contributed by atoms with Gasteiger partial charge in [-0.05, 0) is 97.7 Å². The highest BCUT2D eigenvalue weighted by molar-refractivity contribution is 5.25. The summed E-state index contributed by atoms with van der Waals surface area (Å²) in [5, 5.41) is 0. The number of ether oxygens (including phenoxy) is 1. The van der Waals surface area contributed by atoms with Gasteiger partial charge in [0.2, 0.25) is 0 Å². The second kappa shape index (κ2) is 8.33. The van der Waals surface area contributed by atoms with E-state index in [-0.39, 0.29) is 0 Å². The lowest BCUT2D eigenvalue weighted by molar-refractivity contribution is -0.0601. The summed E-state index contributed by atoms with van der Waals surface area (Å²) in [6.45, 7) is 12.7. The molecule has 0 aromatic carbocycles. The van der Waals surface area contributed by atoms with E-state index in [0.717, 1.165) is 35.5 Å². The molecule has 166 valence electrons. The van der Waals surface area contributed by atoms with Crippen LogP contribution in [-0.2, 0) is 4.74 Å². The summed E-state index contributed by atoms with van der Waals surface area (Å²) in [5.74, 6) is 5.63. The zero-order chi connectivity index (χ0) is 20.8. The maximum absolute atomic E-state index is 5.75. The molecule has 0 N–H and O–H groups in total. The fourth-order valence-corrected chi connectivity index (χ4v) is 8.85. The Morgan fingerprint density at radius 1 is 1.00 bits per heavy atom. The van der Waals surface area contributed by atoms with Gasteiger partial charge in [-0.2, -0.15) is 0 Å². The summed E-state index contributed by atoms with van der Waals surface area (Å²) in [6.07, 6.45) is 18.7. The van der Waals surface area contributed by atoms with Crippen LogP contribution in [0.1, 0.15) is 105 Å². The molecular formula is C28H48O. The molecule has 3 fully saturated rings. The molecule has 3 saturated carbocycles. The van der Waals surface area contributed by atoms with E-state index in [2.05, 4.69) is 40.7 Å². The highest BCUT2D eigenvalue weighted by atomic mass is 16.5. The van der Waals surface area contributed by atoms with Crippen molar-refractivity contribution in [2.24, 2.45) is 46.3 Å². The van der Waals surface area contributed by atoms with Crippen molar-refractivity contribution in [1.82, 2.24) is 0 Å². The molecule has 0 aliphatic heterocycles. The third-order valence-electron chi connectivity index (χ3n) is 10.6. The van der Waals surface area contributed by atoms with E-state index in [1.54, 1.807) is 5.57 Å². The molecule has 4 aliphatic carbocycles. The minimum Gasteiger partial charge on any atom is -0.381 e. The van der Waals surface area contributed by atoms with Crippen molar-refractivity contribution in [2.75, 3.05) is 7.11 Å². The molecule has 0 radical (unpaired) electrons. The number of fused-ring (bicyclic) bond motifs is 5. The molecule has 1 heteroatoms. The second-order valence-corrected chi connectivity index (χ2v) is 12.4. The third kappa shape index (κ3) is 3.77. The number of hydrogen-bond donors (Lipinski definition) is 0. The molecule has 4 unspecified atom stereocenters. The third-order valence-corrected chi connectivity index (χ3v) is 10.6. The smallest absolute Gasteiger partial charge is 0.0608 e. The number of allylic oxidation sites excluding steroid dienone is 1. The Kier molecular flexibility index (Phi) is 6.29. The fourth-order valence-electron chi connectivity index (χ4n) is 8.85. The second-order valence-electron chi connectivity index (χ2n) is 12.4. The number of methoxy groups -OCH3 is 1. The van der Waals surface area contributed by atoms with Crippen LogP contribution in [0.4, 0.5) is 0 Å². The molecule has 29 heavy (non-hydrogen) atoms. The van der Waals surface area contributed by atoms with Crippen LogP contribution in [-0.4, -0.2) is 13.2 Å². The predicted octanol–water partition coefficient (Wildman–Crippen LogP) is 8.04. The predicted molar refractivity (Wildman–Crippen MR) is 124 cm³/mol. The van der Waals surface area contributed by atoms with Gasteiger partial charge in [0, 0.05) is 7.11 Å². The quantitative estimate of drug-likeness (QED) is 0.410. The van der Waals surface area contributed by atoms with Crippen LogP contribution in [0.25, 0.3) is 0 Å². The zero-order valence-corrected chi connectivity index (χ0v) is 20.3. The van der Waals surface area contributed by atoms with Gasteiger partial charge >= 0.3 is 0 Å². The summed E-state index contributed by atoms with van der Waals surface area (Å²) in [7, 11) is 1.91. The maximum Gasteiger partial charge on any atom is 0.0608 e. The molecule has 8 atom stereocenters. The van der Waals surface area contributed by atoms with Gasteiger partial charge in [0.15, 0.2) is 0 Å². The highest BCUT2D eigenvalue weighted by Crippen LogP contribution is 2.67. The summed E-state index contributed by atoms with van der Waals surface area (Å²) in [6, 6.07) is 0. The van der Waals surface area contributed by atoms with Crippen LogP contribution in [0.5, 0.6) is 0 Å². The first-order valence-electron chi connectivity index (χ1n) is 13.0. The van der Waals surface area contributed by atoms with Crippen LogP contribution < -0.4 is 0 Å². The van der Waals surface area contributed by atoms with Crippen LogP contribution >= 0.6 is 0 Å². The summed E-state index contributed by atoms with van der Waals surface area (Å²) < 4.78 is 5.75. The Morgan fingerprint density at radius 2 is 1.79 bits per heavy atom.